The summed E-state index contributed by atoms with van der Waals surface area (Å²) < 4.78 is 1.76. The molecule has 1 aromatic heterocycles. The Hall–Kier alpha value is -1.28. The van der Waals surface area contributed by atoms with Crippen LogP contribution in [-0.4, -0.2) is 9.78 Å². The number of halogens is 1. The van der Waals surface area contributed by atoms with Crippen molar-refractivity contribution in [2.24, 2.45) is 0 Å². The molecular weight excluding hydrogens is 184 g/mol. The monoisotopic (exact) mass is 192 g/mol. The molecule has 0 aliphatic heterocycles. The highest BCUT2D eigenvalue weighted by molar-refractivity contribution is 6.30. The molecule has 2 nitrogen and oxygen atoms in total. The van der Waals surface area contributed by atoms with Crippen LogP contribution in [0.25, 0.3) is 5.69 Å². The molecule has 0 radical (unpaired) electrons. The van der Waals surface area contributed by atoms with Crippen molar-refractivity contribution in [1.82, 2.24) is 9.78 Å². The third kappa shape index (κ3) is 1.73. The van der Waals surface area contributed by atoms with Crippen molar-refractivity contribution in [3.05, 3.63) is 47.2 Å². The maximum absolute atomic E-state index is 5.77. The number of hydrogen-bond donors (Lipinski definition) is 0. The molecule has 0 saturated carbocycles. The second-order valence-electron chi connectivity index (χ2n) is 2.94. The Bertz CT molecular complexity index is 420. The smallest absolute Gasteiger partial charge is 0.0790 e. The van der Waals surface area contributed by atoms with Gasteiger partial charge in [-0.25, -0.2) is 4.68 Å². The first-order valence-electron chi connectivity index (χ1n) is 4.03. The van der Waals surface area contributed by atoms with Crippen molar-refractivity contribution >= 4 is 11.6 Å². The Morgan fingerprint density at radius 2 is 2.23 bits per heavy atom. The van der Waals surface area contributed by atoms with E-state index in [9.17, 15) is 0 Å². The van der Waals surface area contributed by atoms with Gasteiger partial charge in [0, 0.05) is 6.20 Å². The number of benzene rings is 1. The second-order valence-corrected chi connectivity index (χ2v) is 3.38. The van der Waals surface area contributed by atoms with Gasteiger partial charge in [-0.05, 0) is 24.6 Å². The van der Waals surface area contributed by atoms with Crippen molar-refractivity contribution < 1.29 is 0 Å². The van der Waals surface area contributed by atoms with Crippen LogP contribution in [0.1, 0.15) is 5.56 Å². The molecule has 0 bridgehead atoms. The van der Waals surface area contributed by atoms with E-state index in [4.69, 9.17) is 11.6 Å². The fourth-order valence-electron chi connectivity index (χ4n) is 1.21. The summed E-state index contributed by atoms with van der Waals surface area (Å²) in [5.74, 6) is 0. The number of aryl methyl sites for hydroxylation is 1. The summed E-state index contributed by atoms with van der Waals surface area (Å²) in [5.41, 5.74) is 2.25. The zero-order valence-electron chi connectivity index (χ0n) is 7.24. The van der Waals surface area contributed by atoms with Crippen molar-refractivity contribution in [1.29, 1.82) is 0 Å². The molecule has 0 saturated heterocycles. The highest BCUT2D eigenvalue weighted by Gasteiger charge is 1.97. The van der Waals surface area contributed by atoms with Gasteiger partial charge in [-0.2, -0.15) is 5.10 Å². The van der Waals surface area contributed by atoms with Crippen molar-refractivity contribution in [2.45, 2.75) is 6.92 Å². The molecule has 0 atom stereocenters. The number of aromatic nitrogens is 2. The molecule has 2 rings (SSSR count). The van der Waals surface area contributed by atoms with Crippen LogP contribution in [0.5, 0.6) is 0 Å². The summed E-state index contributed by atoms with van der Waals surface area (Å²) in [4.78, 5) is 0. The van der Waals surface area contributed by atoms with Crippen molar-refractivity contribution in [3.63, 3.8) is 0 Å². The molecule has 66 valence electrons. The lowest BCUT2D eigenvalue weighted by atomic mass is 10.2. The molecule has 3 heteroatoms. The van der Waals surface area contributed by atoms with Crippen LogP contribution >= 0.6 is 11.6 Å². The number of nitrogens with zero attached hydrogens (tertiary/aromatic N) is 2. The predicted molar refractivity (Wildman–Crippen MR) is 53.3 cm³/mol. The minimum absolute atomic E-state index is 0.654. The van der Waals surface area contributed by atoms with Crippen LogP contribution in [0.2, 0.25) is 5.02 Å². The van der Waals surface area contributed by atoms with Gasteiger partial charge < -0.3 is 0 Å². The van der Waals surface area contributed by atoms with Gasteiger partial charge in [0.1, 0.15) is 0 Å². The van der Waals surface area contributed by atoms with E-state index in [1.807, 2.05) is 12.1 Å². The van der Waals surface area contributed by atoms with Gasteiger partial charge in [0.2, 0.25) is 0 Å². The van der Waals surface area contributed by atoms with Gasteiger partial charge in [0.25, 0.3) is 0 Å². The summed E-state index contributed by atoms with van der Waals surface area (Å²) >= 11 is 5.77. The lowest BCUT2D eigenvalue weighted by Crippen LogP contribution is -1.93. The molecule has 13 heavy (non-hydrogen) atoms. The Morgan fingerprint density at radius 1 is 1.38 bits per heavy atom. The van der Waals surface area contributed by atoms with Crippen molar-refractivity contribution in [2.75, 3.05) is 0 Å². The Morgan fingerprint density at radius 3 is 2.85 bits per heavy atom. The van der Waals surface area contributed by atoms with E-state index in [2.05, 4.69) is 24.2 Å². The van der Waals surface area contributed by atoms with E-state index in [0.29, 0.717) is 5.02 Å². The third-order valence-electron chi connectivity index (χ3n) is 1.82. The third-order valence-corrected chi connectivity index (χ3v) is 2.01. The molecule has 0 aliphatic carbocycles. The summed E-state index contributed by atoms with van der Waals surface area (Å²) in [6, 6.07) is 8.11. The first-order valence-corrected chi connectivity index (χ1v) is 4.41. The molecule has 2 aromatic rings. The van der Waals surface area contributed by atoms with Crippen LogP contribution in [0.15, 0.2) is 36.7 Å². The molecule has 1 heterocycles. The first-order chi connectivity index (χ1) is 6.25. The largest absolute Gasteiger partial charge is 0.239 e. The lowest BCUT2D eigenvalue weighted by molar-refractivity contribution is 0.879. The van der Waals surface area contributed by atoms with Crippen LogP contribution in [0.3, 0.4) is 0 Å². The topological polar surface area (TPSA) is 17.8 Å². The normalized spacial score (nSPS) is 10.3. The minimum Gasteiger partial charge on any atom is -0.239 e. The molecule has 0 aliphatic rings. The molecule has 0 amide bonds. The summed E-state index contributed by atoms with van der Waals surface area (Å²) in [7, 11) is 0. The van der Waals surface area contributed by atoms with Gasteiger partial charge in [-0.15, -0.1) is 0 Å². The summed E-state index contributed by atoms with van der Waals surface area (Å²) in [6.45, 7) is 2.05. The van der Waals surface area contributed by atoms with Crippen LogP contribution in [-0.2, 0) is 0 Å². The van der Waals surface area contributed by atoms with E-state index < -0.39 is 0 Å². The average molecular weight is 193 g/mol. The summed E-state index contributed by atoms with van der Waals surface area (Å²) in [5, 5.41) is 4.77. The molecule has 0 N–H and O–H groups in total. The fraction of sp³-hybridized carbons (Fsp3) is 0.100. The zero-order chi connectivity index (χ0) is 9.26. The minimum atomic E-state index is 0.654. The van der Waals surface area contributed by atoms with Gasteiger partial charge in [0.05, 0.1) is 16.9 Å². The molecule has 0 spiro atoms. The summed E-state index contributed by atoms with van der Waals surface area (Å²) in [6.07, 6.45) is 3.42. The molecule has 0 unspecified atom stereocenters. The van der Waals surface area contributed by atoms with E-state index >= 15 is 0 Å². The zero-order valence-corrected chi connectivity index (χ0v) is 7.99. The van der Waals surface area contributed by atoms with E-state index in [-0.39, 0.29) is 0 Å². The van der Waals surface area contributed by atoms with Gasteiger partial charge in [-0.3, -0.25) is 0 Å². The van der Waals surface area contributed by atoms with E-state index in [1.54, 1.807) is 17.1 Å². The van der Waals surface area contributed by atoms with Gasteiger partial charge in [-0.1, -0.05) is 23.7 Å². The molecular formula is C10H9ClN2. The van der Waals surface area contributed by atoms with Crippen LogP contribution in [0, 0.1) is 6.92 Å². The van der Waals surface area contributed by atoms with Crippen LogP contribution < -0.4 is 0 Å². The SMILES string of the molecule is Cc1cccc(-n2cc(Cl)cn2)c1. The quantitative estimate of drug-likeness (QED) is 0.680. The van der Waals surface area contributed by atoms with Gasteiger partial charge >= 0.3 is 0 Å². The number of rotatable bonds is 1. The Labute approximate surface area is 81.8 Å². The first kappa shape index (κ1) is 8.32. The molecule has 1 aromatic carbocycles. The Balaban J connectivity index is 2.46. The fourth-order valence-corrected chi connectivity index (χ4v) is 1.35. The maximum atomic E-state index is 5.77. The van der Waals surface area contributed by atoms with E-state index in [1.165, 1.54) is 5.56 Å². The average Bonchev–Trinajstić information content (AvgIpc) is 2.52. The molecule has 0 fully saturated rings. The second kappa shape index (κ2) is 3.23. The number of hydrogen-bond acceptors (Lipinski definition) is 1. The Kier molecular flexibility index (Phi) is 2.07. The van der Waals surface area contributed by atoms with E-state index in [0.717, 1.165) is 5.69 Å². The standard InChI is InChI=1S/C10H9ClN2/c1-8-3-2-4-10(5-8)13-7-9(11)6-12-13/h2-7H,1H3. The highest BCUT2D eigenvalue weighted by Crippen LogP contribution is 2.12. The predicted octanol–water partition coefficient (Wildman–Crippen LogP) is 2.83. The maximum Gasteiger partial charge on any atom is 0.0790 e. The van der Waals surface area contributed by atoms with Gasteiger partial charge in [0.15, 0.2) is 0 Å². The highest BCUT2D eigenvalue weighted by atomic mass is 35.5. The lowest BCUT2D eigenvalue weighted by Gasteiger charge is -2.00. The van der Waals surface area contributed by atoms with Crippen molar-refractivity contribution in [3.8, 4) is 5.69 Å². The van der Waals surface area contributed by atoms with Crippen LogP contribution in [0.4, 0.5) is 0 Å².